The van der Waals surface area contributed by atoms with Crippen molar-refractivity contribution in [2.24, 2.45) is 0 Å². The first-order valence-electron chi connectivity index (χ1n) is 7.41. The van der Waals surface area contributed by atoms with E-state index in [-0.39, 0.29) is 11.0 Å². The Morgan fingerprint density at radius 2 is 2.00 bits per heavy atom. The molecule has 0 saturated carbocycles. The van der Waals surface area contributed by atoms with Gasteiger partial charge in [-0.05, 0) is 31.0 Å². The van der Waals surface area contributed by atoms with Crippen LogP contribution < -0.4 is 0 Å². The van der Waals surface area contributed by atoms with Gasteiger partial charge >= 0.3 is 0 Å². The lowest BCUT2D eigenvalue weighted by atomic mass is 10.1. The molecule has 0 radical (unpaired) electrons. The molecule has 22 heavy (non-hydrogen) atoms. The topological polar surface area (TPSA) is 34.4 Å². The maximum atomic E-state index is 12.5. The number of benzene rings is 1. The molecule has 0 unspecified atom stereocenters. The van der Waals surface area contributed by atoms with Gasteiger partial charge in [0, 0.05) is 11.8 Å². The first-order valence-corrected chi connectivity index (χ1v) is 8.29. The van der Waals surface area contributed by atoms with E-state index in [0.717, 1.165) is 22.7 Å². The number of aromatic nitrogens is 2. The molecule has 1 aromatic carbocycles. The van der Waals surface area contributed by atoms with Crippen molar-refractivity contribution in [1.82, 2.24) is 9.38 Å². The number of imidazole rings is 1. The Kier molecular flexibility index (Phi) is 4.29. The van der Waals surface area contributed by atoms with E-state index in [1.165, 1.54) is 17.3 Å². The minimum atomic E-state index is -0.168. The number of hydrogen-bond donors (Lipinski definition) is 0. The molecule has 0 aliphatic rings. The van der Waals surface area contributed by atoms with Gasteiger partial charge in [-0.1, -0.05) is 49.0 Å². The normalized spacial score (nSPS) is 12.5. The Labute approximate surface area is 134 Å². The molecule has 112 valence electrons. The van der Waals surface area contributed by atoms with Crippen LogP contribution in [0.3, 0.4) is 0 Å². The lowest BCUT2D eigenvalue weighted by molar-refractivity contribution is 0.0994. The predicted molar refractivity (Wildman–Crippen MR) is 90.7 cm³/mol. The number of nitrogens with zero attached hydrogens (tertiary/aromatic N) is 2. The molecule has 3 rings (SSSR count). The van der Waals surface area contributed by atoms with Crippen molar-refractivity contribution in [3.05, 3.63) is 66.0 Å². The summed E-state index contributed by atoms with van der Waals surface area (Å²) in [6.07, 6.45) is 4.78. The predicted octanol–water partition coefficient (Wildman–Crippen LogP) is 4.26. The molecule has 2 aromatic heterocycles. The molecule has 3 nitrogen and oxygen atoms in total. The summed E-state index contributed by atoms with van der Waals surface area (Å²) in [6.45, 7) is 4.05. The molecule has 2 heterocycles. The van der Waals surface area contributed by atoms with Crippen LogP contribution in [-0.4, -0.2) is 20.4 Å². The fourth-order valence-electron chi connectivity index (χ4n) is 2.36. The molecular weight excluding hydrogens is 292 g/mol. The van der Waals surface area contributed by atoms with Gasteiger partial charge in [0.1, 0.15) is 0 Å². The van der Waals surface area contributed by atoms with Gasteiger partial charge in [0.15, 0.2) is 10.9 Å². The Morgan fingerprint density at radius 1 is 1.23 bits per heavy atom. The summed E-state index contributed by atoms with van der Waals surface area (Å²) >= 11 is 1.49. The van der Waals surface area contributed by atoms with Gasteiger partial charge in [-0.3, -0.25) is 9.20 Å². The van der Waals surface area contributed by atoms with E-state index >= 15 is 0 Å². The van der Waals surface area contributed by atoms with Crippen molar-refractivity contribution in [1.29, 1.82) is 0 Å². The molecule has 0 saturated heterocycles. The second-order valence-corrected chi connectivity index (χ2v) is 6.52. The number of rotatable bonds is 5. The van der Waals surface area contributed by atoms with Crippen LogP contribution in [-0.2, 0) is 6.42 Å². The van der Waals surface area contributed by atoms with Crippen LogP contribution in [0, 0.1) is 0 Å². The van der Waals surface area contributed by atoms with Gasteiger partial charge in [0.2, 0.25) is 0 Å². The minimum Gasteiger partial charge on any atom is -0.295 e. The summed E-state index contributed by atoms with van der Waals surface area (Å²) in [7, 11) is 0. The fourth-order valence-corrected chi connectivity index (χ4v) is 3.31. The van der Waals surface area contributed by atoms with E-state index in [9.17, 15) is 4.79 Å². The van der Waals surface area contributed by atoms with E-state index in [4.69, 9.17) is 0 Å². The van der Waals surface area contributed by atoms with Crippen LogP contribution >= 0.6 is 11.8 Å². The monoisotopic (exact) mass is 310 g/mol. The highest BCUT2D eigenvalue weighted by Crippen LogP contribution is 2.25. The Hall–Kier alpha value is -2.07. The van der Waals surface area contributed by atoms with Gasteiger partial charge in [-0.25, -0.2) is 4.98 Å². The molecule has 0 aliphatic heterocycles. The third-order valence-electron chi connectivity index (χ3n) is 3.70. The summed E-state index contributed by atoms with van der Waals surface area (Å²) in [5.41, 5.74) is 3.05. The first-order chi connectivity index (χ1) is 10.7. The third-order valence-corrected chi connectivity index (χ3v) is 4.78. The number of Topliss-reactive ketones (excluding diaryl/α,β-unsaturated/α-hetero) is 1. The van der Waals surface area contributed by atoms with Crippen LogP contribution in [0.15, 0.2) is 60.0 Å². The van der Waals surface area contributed by atoms with Gasteiger partial charge < -0.3 is 0 Å². The second-order valence-electron chi connectivity index (χ2n) is 5.21. The number of fused-ring (bicyclic) bond motifs is 1. The van der Waals surface area contributed by atoms with E-state index in [2.05, 4.69) is 11.9 Å². The molecule has 3 aromatic rings. The zero-order chi connectivity index (χ0) is 15.5. The van der Waals surface area contributed by atoms with Crippen molar-refractivity contribution >= 4 is 23.1 Å². The Balaban J connectivity index is 1.78. The molecule has 0 amide bonds. The van der Waals surface area contributed by atoms with Crippen LogP contribution in [0.1, 0.15) is 29.8 Å². The number of ketones is 1. The molecule has 0 N–H and O–H groups in total. The number of pyridine rings is 1. The average Bonchev–Trinajstić information content (AvgIpc) is 2.97. The maximum Gasteiger partial charge on any atom is 0.175 e. The van der Waals surface area contributed by atoms with Gasteiger partial charge in [0.25, 0.3) is 0 Å². The molecular formula is C18H18N2OS. The highest BCUT2D eigenvalue weighted by Gasteiger charge is 2.18. The average molecular weight is 310 g/mol. The smallest absolute Gasteiger partial charge is 0.175 e. The van der Waals surface area contributed by atoms with Crippen LogP contribution in [0.2, 0.25) is 0 Å². The largest absolute Gasteiger partial charge is 0.295 e. The first kappa shape index (κ1) is 14.9. The zero-order valence-corrected chi connectivity index (χ0v) is 13.5. The standard InChI is InChI=1S/C18H18N2OS/c1-3-14-7-9-15(10-8-14)17(21)13(2)22-18-19-12-16-6-4-5-11-20(16)18/h4-13H,3H2,1-2H3/t13-/m0/s1. The van der Waals surface area contributed by atoms with Gasteiger partial charge in [-0.15, -0.1) is 0 Å². The third kappa shape index (κ3) is 2.92. The number of hydrogen-bond acceptors (Lipinski definition) is 3. The summed E-state index contributed by atoms with van der Waals surface area (Å²) < 4.78 is 2.01. The lowest BCUT2D eigenvalue weighted by Crippen LogP contribution is -2.14. The highest BCUT2D eigenvalue weighted by molar-refractivity contribution is 8.00. The van der Waals surface area contributed by atoms with E-state index in [0.29, 0.717) is 0 Å². The molecule has 0 bridgehead atoms. The number of carbonyl (C=O) groups excluding carboxylic acids is 1. The zero-order valence-electron chi connectivity index (χ0n) is 12.7. The Bertz CT molecular complexity index is 792. The fraction of sp³-hybridized carbons (Fsp3) is 0.222. The summed E-state index contributed by atoms with van der Waals surface area (Å²) in [6, 6.07) is 13.8. The summed E-state index contributed by atoms with van der Waals surface area (Å²) in [5, 5.41) is 0.680. The van der Waals surface area contributed by atoms with Crippen molar-refractivity contribution in [2.75, 3.05) is 0 Å². The van der Waals surface area contributed by atoms with Crippen LogP contribution in [0.25, 0.3) is 5.52 Å². The van der Waals surface area contributed by atoms with Crippen molar-refractivity contribution < 1.29 is 4.79 Å². The quantitative estimate of drug-likeness (QED) is 0.521. The Morgan fingerprint density at radius 3 is 2.73 bits per heavy atom. The van der Waals surface area contributed by atoms with E-state index in [1.807, 2.05) is 66.2 Å². The molecule has 0 fully saturated rings. The van der Waals surface area contributed by atoms with Gasteiger partial charge in [-0.2, -0.15) is 0 Å². The summed E-state index contributed by atoms with van der Waals surface area (Å²) in [5.74, 6) is 0.139. The number of aryl methyl sites for hydroxylation is 1. The number of thioether (sulfide) groups is 1. The van der Waals surface area contributed by atoms with Crippen molar-refractivity contribution in [2.45, 2.75) is 30.7 Å². The van der Waals surface area contributed by atoms with E-state index < -0.39 is 0 Å². The molecule has 0 spiro atoms. The molecule has 0 aliphatic carbocycles. The summed E-state index contributed by atoms with van der Waals surface area (Å²) in [4.78, 5) is 17.0. The molecule has 1 atom stereocenters. The van der Waals surface area contributed by atoms with E-state index in [1.54, 1.807) is 0 Å². The maximum absolute atomic E-state index is 12.5. The van der Waals surface area contributed by atoms with Crippen molar-refractivity contribution in [3.8, 4) is 0 Å². The van der Waals surface area contributed by atoms with Gasteiger partial charge in [0.05, 0.1) is 17.0 Å². The highest BCUT2D eigenvalue weighted by atomic mass is 32.2. The minimum absolute atomic E-state index is 0.139. The number of carbonyl (C=O) groups is 1. The SMILES string of the molecule is CCc1ccc(C(=O)[C@H](C)Sc2ncc3ccccn23)cc1. The second kappa shape index (κ2) is 6.36. The molecule has 4 heteroatoms. The van der Waals surface area contributed by atoms with Crippen LogP contribution in [0.4, 0.5) is 0 Å². The lowest BCUT2D eigenvalue weighted by Gasteiger charge is -2.10. The van der Waals surface area contributed by atoms with Crippen molar-refractivity contribution in [3.63, 3.8) is 0 Å². The van der Waals surface area contributed by atoms with Crippen LogP contribution in [0.5, 0.6) is 0 Å².